The van der Waals surface area contributed by atoms with Crippen LogP contribution in [0.4, 0.5) is 0 Å². The quantitative estimate of drug-likeness (QED) is 0.0216. The number of hydrogen-bond acceptors (Lipinski definition) is 7. The van der Waals surface area contributed by atoms with Crippen molar-refractivity contribution in [1.29, 1.82) is 0 Å². The average Bonchev–Trinajstić information content (AvgIpc) is 3.15. The van der Waals surface area contributed by atoms with Crippen molar-refractivity contribution in [3.63, 3.8) is 0 Å². The maximum Gasteiger partial charge on any atom is 0.361 e. The van der Waals surface area contributed by atoms with E-state index in [1.165, 1.54) is 44.9 Å². The number of esters is 2. The fourth-order valence-electron chi connectivity index (χ4n) is 5.63. The Kier molecular flexibility index (Phi) is 36.8. The van der Waals surface area contributed by atoms with Gasteiger partial charge in [-0.1, -0.05) is 152 Å². The predicted octanol–water partition coefficient (Wildman–Crippen LogP) is 11.4. The van der Waals surface area contributed by atoms with Gasteiger partial charge in [-0.3, -0.25) is 9.59 Å². The summed E-state index contributed by atoms with van der Waals surface area (Å²) in [6.45, 7) is 4.70. The maximum atomic E-state index is 12.7. The van der Waals surface area contributed by atoms with E-state index < -0.39 is 24.3 Å². The fourth-order valence-corrected chi connectivity index (χ4v) is 5.63. The van der Waals surface area contributed by atoms with Crippen LogP contribution in [0.15, 0.2) is 60.8 Å². The summed E-state index contributed by atoms with van der Waals surface area (Å²) < 4.78 is 22.7. The van der Waals surface area contributed by atoms with Crippen molar-refractivity contribution in [2.45, 2.75) is 174 Å². The second-order valence-corrected chi connectivity index (χ2v) is 15.6. The fraction of sp³-hybridized carbons (Fsp3) is 0.723. The minimum Gasteiger partial charge on any atom is -0.477 e. The molecule has 2 atom stereocenters. The topological polar surface area (TPSA) is 108 Å². The smallest absolute Gasteiger partial charge is 0.361 e. The zero-order chi connectivity index (χ0) is 41.4. The Bertz CT molecular complexity index is 1100. The van der Waals surface area contributed by atoms with Gasteiger partial charge in [-0.25, -0.2) is 4.79 Å². The van der Waals surface area contributed by atoms with Crippen LogP contribution in [0.2, 0.25) is 0 Å². The largest absolute Gasteiger partial charge is 0.477 e. The highest BCUT2D eigenvalue weighted by Crippen LogP contribution is 2.13. The van der Waals surface area contributed by atoms with Crippen LogP contribution in [-0.2, 0) is 33.3 Å². The standard InChI is InChI=1S/C47H81NO8/c1-6-8-10-12-14-16-18-19-20-21-22-23-24-25-26-27-28-30-32-34-36-38-45(50)56-43(42-55-47(46(51)52)53-40-39-48(3,4)5)41-54-44(49)37-35-33-31-29-17-15-13-11-9-7-2/h8,10,14,16,19-20,22-23,25-26,43,47H,6-7,9,11-13,15,17-18,21,24,27-42H2,1-5H3/p+1/b10-8-,16-14-,20-19-,23-22-,26-25-. The lowest BCUT2D eigenvalue weighted by atomic mass is 10.1. The average molecular weight is 789 g/mol. The molecule has 0 saturated heterocycles. The molecule has 9 heteroatoms. The van der Waals surface area contributed by atoms with Crippen LogP contribution >= 0.6 is 0 Å². The van der Waals surface area contributed by atoms with E-state index in [4.69, 9.17) is 18.9 Å². The summed E-state index contributed by atoms with van der Waals surface area (Å²) in [5.41, 5.74) is 0. The maximum absolute atomic E-state index is 12.7. The number of unbranched alkanes of at least 4 members (excludes halogenated alkanes) is 14. The molecule has 0 spiro atoms. The Morgan fingerprint density at radius 3 is 1.52 bits per heavy atom. The van der Waals surface area contributed by atoms with Crippen LogP contribution < -0.4 is 0 Å². The van der Waals surface area contributed by atoms with Gasteiger partial charge in [-0.2, -0.15) is 0 Å². The minimum absolute atomic E-state index is 0.182. The van der Waals surface area contributed by atoms with E-state index >= 15 is 0 Å². The zero-order valence-electron chi connectivity index (χ0n) is 36.3. The SMILES string of the molecule is CC/C=C\C/C=C\C/C=C\C/C=C\C/C=C\CCCCCCCC(=O)OC(COC(=O)CCCCCCCCCCCC)COC(OCC[N+](C)(C)C)C(=O)O. The molecule has 0 saturated carbocycles. The summed E-state index contributed by atoms with van der Waals surface area (Å²) in [6.07, 6.45) is 42.8. The number of likely N-dealkylation sites (N-methyl/N-ethyl adjacent to an activating group) is 1. The van der Waals surface area contributed by atoms with Crippen molar-refractivity contribution < 1.29 is 42.9 Å². The van der Waals surface area contributed by atoms with Gasteiger partial charge in [0.1, 0.15) is 13.2 Å². The van der Waals surface area contributed by atoms with Crippen LogP contribution in [0.1, 0.15) is 162 Å². The number of aliphatic carboxylic acids is 1. The molecule has 0 amide bonds. The van der Waals surface area contributed by atoms with Crippen molar-refractivity contribution in [3.05, 3.63) is 60.8 Å². The third-order valence-corrected chi connectivity index (χ3v) is 9.04. The highest BCUT2D eigenvalue weighted by atomic mass is 16.7. The molecule has 0 aromatic rings. The van der Waals surface area contributed by atoms with Gasteiger partial charge in [-0.15, -0.1) is 0 Å². The number of nitrogens with zero attached hydrogens (tertiary/aromatic N) is 1. The predicted molar refractivity (Wildman–Crippen MR) is 230 cm³/mol. The van der Waals surface area contributed by atoms with Crippen LogP contribution in [0, 0.1) is 0 Å². The van der Waals surface area contributed by atoms with E-state index in [9.17, 15) is 19.5 Å². The number of carbonyl (C=O) groups excluding carboxylic acids is 2. The number of quaternary nitrogens is 1. The Hall–Kier alpha value is -3.01. The van der Waals surface area contributed by atoms with Gasteiger partial charge in [0.2, 0.25) is 0 Å². The lowest BCUT2D eigenvalue weighted by Gasteiger charge is -2.25. The lowest BCUT2D eigenvalue weighted by molar-refractivity contribution is -0.870. The van der Waals surface area contributed by atoms with Crippen molar-refractivity contribution in [1.82, 2.24) is 0 Å². The van der Waals surface area contributed by atoms with Gasteiger partial charge in [-0.05, 0) is 57.8 Å². The highest BCUT2D eigenvalue weighted by Gasteiger charge is 2.25. The van der Waals surface area contributed by atoms with Crippen LogP contribution in [0.3, 0.4) is 0 Å². The first-order chi connectivity index (χ1) is 27.1. The van der Waals surface area contributed by atoms with Crippen molar-refractivity contribution >= 4 is 17.9 Å². The number of rotatable bonds is 39. The first-order valence-corrected chi connectivity index (χ1v) is 22.0. The van der Waals surface area contributed by atoms with Gasteiger partial charge in [0, 0.05) is 12.8 Å². The molecule has 0 radical (unpaired) electrons. The van der Waals surface area contributed by atoms with Gasteiger partial charge >= 0.3 is 17.9 Å². The van der Waals surface area contributed by atoms with E-state index in [1.54, 1.807) is 0 Å². The van der Waals surface area contributed by atoms with Gasteiger partial charge in [0.05, 0.1) is 34.4 Å². The molecule has 0 fully saturated rings. The van der Waals surface area contributed by atoms with E-state index in [-0.39, 0.29) is 32.2 Å². The molecule has 0 aliphatic heterocycles. The second-order valence-electron chi connectivity index (χ2n) is 15.6. The van der Waals surface area contributed by atoms with Crippen molar-refractivity contribution in [2.24, 2.45) is 0 Å². The highest BCUT2D eigenvalue weighted by molar-refractivity contribution is 5.71. The monoisotopic (exact) mass is 789 g/mol. The molecule has 9 nitrogen and oxygen atoms in total. The molecule has 56 heavy (non-hydrogen) atoms. The summed E-state index contributed by atoms with van der Waals surface area (Å²) in [7, 11) is 5.94. The Labute approximate surface area is 342 Å². The first kappa shape index (κ1) is 53.0. The van der Waals surface area contributed by atoms with Crippen molar-refractivity contribution in [2.75, 3.05) is 47.5 Å². The van der Waals surface area contributed by atoms with Crippen LogP contribution in [0.25, 0.3) is 0 Å². The Morgan fingerprint density at radius 2 is 1.02 bits per heavy atom. The van der Waals surface area contributed by atoms with Crippen LogP contribution in [0.5, 0.6) is 0 Å². The van der Waals surface area contributed by atoms with Gasteiger partial charge < -0.3 is 28.5 Å². The number of ether oxygens (including phenoxy) is 4. The number of carbonyl (C=O) groups is 3. The molecule has 0 heterocycles. The molecular formula is C47H82NO8+. The third kappa shape index (κ3) is 39.2. The van der Waals surface area contributed by atoms with E-state index in [1.807, 2.05) is 21.1 Å². The number of allylic oxidation sites excluding steroid dienone is 10. The molecule has 0 aromatic carbocycles. The Balaban J connectivity index is 4.46. The van der Waals surface area contributed by atoms with Gasteiger partial charge in [0.25, 0.3) is 6.29 Å². The van der Waals surface area contributed by atoms with E-state index in [0.29, 0.717) is 23.9 Å². The normalized spacial score (nSPS) is 13.5. The summed E-state index contributed by atoms with van der Waals surface area (Å²) in [5.74, 6) is -2.04. The second kappa shape index (κ2) is 38.8. The van der Waals surface area contributed by atoms with Gasteiger partial charge in [0.15, 0.2) is 6.10 Å². The summed E-state index contributed by atoms with van der Waals surface area (Å²) >= 11 is 0. The molecular weight excluding hydrogens is 707 g/mol. The summed E-state index contributed by atoms with van der Waals surface area (Å²) in [5, 5.41) is 9.62. The zero-order valence-corrected chi connectivity index (χ0v) is 36.3. The molecule has 322 valence electrons. The summed E-state index contributed by atoms with van der Waals surface area (Å²) in [6, 6.07) is 0. The molecule has 0 aromatic heterocycles. The lowest BCUT2D eigenvalue weighted by Crippen LogP contribution is -2.40. The molecule has 1 N–H and O–H groups in total. The molecule has 2 unspecified atom stereocenters. The third-order valence-electron chi connectivity index (χ3n) is 9.04. The molecule has 0 aliphatic carbocycles. The Morgan fingerprint density at radius 1 is 0.554 bits per heavy atom. The number of carboxylic acid groups (broad SMARTS) is 1. The minimum atomic E-state index is -1.51. The van der Waals surface area contributed by atoms with Crippen molar-refractivity contribution in [3.8, 4) is 0 Å². The first-order valence-electron chi connectivity index (χ1n) is 22.0. The summed E-state index contributed by atoms with van der Waals surface area (Å²) in [4.78, 5) is 37.0. The number of hydrogen-bond donors (Lipinski definition) is 1. The van der Waals surface area contributed by atoms with E-state index in [0.717, 1.165) is 83.5 Å². The molecule has 0 aliphatic rings. The molecule has 0 rings (SSSR count). The molecule has 0 bridgehead atoms. The number of carboxylic acids is 1. The van der Waals surface area contributed by atoms with Crippen LogP contribution in [-0.4, -0.2) is 87.4 Å². The van der Waals surface area contributed by atoms with E-state index in [2.05, 4.69) is 74.6 Å².